The molecule has 5 nitrogen and oxygen atoms in total. The summed E-state index contributed by atoms with van der Waals surface area (Å²) in [5.41, 5.74) is 0. The predicted octanol–water partition coefficient (Wildman–Crippen LogP) is 1.16. The lowest BCUT2D eigenvalue weighted by molar-refractivity contribution is -0.122. The van der Waals surface area contributed by atoms with Crippen molar-refractivity contribution in [3.05, 3.63) is 24.2 Å². The van der Waals surface area contributed by atoms with Gasteiger partial charge in [-0.25, -0.2) is 0 Å². The van der Waals surface area contributed by atoms with E-state index >= 15 is 0 Å². The van der Waals surface area contributed by atoms with Gasteiger partial charge in [-0.2, -0.15) is 0 Å². The molecule has 0 aliphatic rings. The highest BCUT2D eigenvalue weighted by Gasteiger charge is 2.16. The van der Waals surface area contributed by atoms with Gasteiger partial charge in [-0.15, -0.1) is 0 Å². The van der Waals surface area contributed by atoms with Crippen LogP contribution in [0.1, 0.15) is 31.6 Å². The molecule has 0 saturated carbocycles. The van der Waals surface area contributed by atoms with Crippen LogP contribution in [0.5, 0.6) is 0 Å². The van der Waals surface area contributed by atoms with Gasteiger partial charge >= 0.3 is 0 Å². The molecule has 0 bridgehead atoms. The van der Waals surface area contributed by atoms with Crippen molar-refractivity contribution < 1.29 is 14.3 Å². The standard InChI is InChI=1S/C13H22N2O3/c1-10(14-13(17)6-7-15(2)3)9-11(16)12-5-4-8-18-12/h4-5,8,10-11,16H,6-7,9H2,1-3H3,(H,14,17). The summed E-state index contributed by atoms with van der Waals surface area (Å²) in [4.78, 5) is 13.5. The van der Waals surface area contributed by atoms with Gasteiger partial charge < -0.3 is 19.7 Å². The number of rotatable bonds is 7. The molecule has 18 heavy (non-hydrogen) atoms. The zero-order valence-electron chi connectivity index (χ0n) is 11.2. The highest BCUT2D eigenvalue weighted by atomic mass is 16.4. The SMILES string of the molecule is CC(CC(O)c1ccco1)NC(=O)CCN(C)C. The summed E-state index contributed by atoms with van der Waals surface area (Å²) < 4.78 is 5.11. The number of nitrogens with zero attached hydrogens (tertiary/aromatic N) is 1. The van der Waals surface area contributed by atoms with Crippen molar-refractivity contribution >= 4 is 5.91 Å². The summed E-state index contributed by atoms with van der Waals surface area (Å²) in [5, 5.41) is 12.7. The number of hydrogen-bond acceptors (Lipinski definition) is 4. The minimum atomic E-state index is -0.677. The normalized spacial score (nSPS) is 14.5. The third kappa shape index (κ3) is 5.33. The molecular weight excluding hydrogens is 232 g/mol. The Balaban J connectivity index is 2.28. The molecule has 2 atom stereocenters. The number of carbonyl (C=O) groups is 1. The molecule has 1 aromatic heterocycles. The Morgan fingerprint density at radius 2 is 2.28 bits per heavy atom. The average molecular weight is 254 g/mol. The highest BCUT2D eigenvalue weighted by Crippen LogP contribution is 2.18. The van der Waals surface area contributed by atoms with E-state index in [1.54, 1.807) is 12.1 Å². The maximum absolute atomic E-state index is 11.6. The number of nitrogens with one attached hydrogen (secondary N) is 1. The van der Waals surface area contributed by atoms with E-state index in [4.69, 9.17) is 4.42 Å². The van der Waals surface area contributed by atoms with E-state index in [2.05, 4.69) is 5.32 Å². The fourth-order valence-electron chi connectivity index (χ4n) is 1.66. The molecule has 0 aliphatic carbocycles. The lowest BCUT2D eigenvalue weighted by Gasteiger charge is -2.17. The van der Waals surface area contributed by atoms with Crippen LogP contribution in [0.2, 0.25) is 0 Å². The van der Waals surface area contributed by atoms with E-state index in [0.29, 0.717) is 18.6 Å². The molecular formula is C13H22N2O3. The van der Waals surface area contributed by atoms with E-state index < -0.39 is 6.10 Å². The topological polar surface area (TPSA) is 65.7 Å². The van der Waals surface area contributed by atoms with Crippen LogP contribution in [0.3, 0.4) is 0 Å². The van der Waals surface area contributed by atoms with Crippen LogP contribution in [0.15, 0.2) is 22.8 Å². The van der Waals surface area contributed by atoms with Gasteiger partial charge in [-0.1, -0.05) is 0 Å². The number of carbonyl (C=O) groups excluding carboxylic acids is 1. The zero-order valence-corrected chi connectivity index (χ0v) is 11.2. The molecule has 5 heteroatoms. The Labute approximate surface area is 108 Å². The van der Waals surface area contributed by atoms with Crippen molar-refractivity contribution in [3.8, 4) is 0 Å². The molecule has 1 rings (SSSR count). The molecule has 0 saturated heterocycles. The minimum absolute atomic E-state index is 0.00263. The van der Waals surface area contributed by atoms with Crippen molar-refractivity contribution in [2.45, 2.75) is 31.9 Å². The van der Waals surface area contributed by atoms with Gasteiger partial charge in [0.2, 0.25) is 5.91 Å². The van der Waals surface area contributed by atoms with E-state index in [1.807, 2.05) is 25.9 Å². The van der Waals surface area contributed by atoms with E-state index in [1.165, 1.54) is 6.26 Å². The number of aliphatic hydroxyl groups is 1. The van der Waals surface area contributed by atoms with Crippen LogP contribution < -0.4 is 5.32 Å². The van der Waals surface area contributed by atoms with Crippen LogP contribution in [-0.4, -0.2) is 42.6 Å². The van der Waals surface area contributed by atoms with E-state index in [0.717, 1.165) is 6.54 Å². The lowest BCUT2D eigenvalue weighted by Crippen LogP contribution is -2.35. The molecule has 2 N–H and O–H groups in total. The molecule has 0 fully saturated rings. The van der Waals surface area contributed by atoms with E-state index in [9.17, 15) is 9.90 Å². The van der Waals surface area contributed by atoms with Gasteiger partial charge in [0.15, 0.2) is 0 Å². The molecule has 1 heterocycles. The van der Waals surface area contributed by atoms with Crippen molar-refractivity contribution in [3.63, 3.8) is 0 Å². The van der Waals surface area contributed by atoms with Gasteiger partial charge in [0, 0.05) is 25.4 Å². The van der Waals surface area contributed by atoms with Crippen molar-refractivity contribution in [1.29, 1.82) is 0 Å². The molecule has 0 spiro atoms. The van der Waals surface area contributed by atoms with Gasteiger partial charge in [0.05, 0.1) is 6.26 Å². The summed E-state index contributed by atoms with van der Waals surface area (Å²) in [6, 6.07) is 3.38. The Bertz CT molecular complexity index is 349. The quantitative estimate of drug-likeness (QED) is 0.766. The Kier molecular flexibility index (Phi) is 5.88. The zero-order chi connectivity index (χ0) is 13.5. The van der Waals surface area contributed by atoms with Gasteiger partial charge in [0.25, 0.3) is 0 Å². The van der Waals surface area contributed by atoms with Crippen LogP contribution in [0.25, 0.3) is 0 Å². The summed E-state index contributed by atoms with van der Waals surface area (Å²) in [6.07, 6.45) is 1.76. The third-order valence-electron chi connectivity index (χ3n) is 2.64. The first-order valence-electron chi connectivity index (χ1n) is 6.14. The summed E-state index contributed by atoms with van der Waals surface area (Å²) in [5.74, 6) is 0.534. The first-order chi connectivity index (χ1) is 8.49. The number of aliphatic hydroxyl groups excluding tert-OH is 1. The summed E-state index contributed by atoms with van der Waals surface area (Å²) in [6.45, 7) is 2.60. The van der Waals surface area contributed by atoms with Gasteiger partial charge in [-0.3, -0.25) is 4.79 Å². The number of hydrogen-bond donors (Lipinski definition) is 2. The van der Waals surface area contributed by atoms with Crippen LogP contribution >= 0.6 is 0 Å². The first kappa shape index (κ1) is 14.7. The van der Waals surface area contributed by atoms with Gasteiger partial charge in [-0.05, 0) is 33.2 Å². The minimum Gasteiger partial charge on any atom is -0.467 e. The Morgan fingerprint density at radius 1 is 1.56 bits per heavy atom. The third-order valence-corrected chi connectivity index (χ3v) is 2.64. The van der Waals surface area contributed by atoms with Crippen molar-refractivity contribution in [2.24, 2.45) is 0 Å². The molecule has 0 aliphatic heterocycles. The Hall–Kier alpha value is -1.33. The van der Waals surface area contributed by atoms with Crippen molar-refractivity contribution in [1.82, 2.24) is 10.2 Å². The second-order valence-electron chi connectivity index (χ2n) is 4.79. The molecule has 1 aromatic rings. The average Bonchev–Trinajstić information content (AvgIpc) is 2.79. The van der Waals surface area contributed by atoms with Crippen LogP contribution in [0, 0.1) is 0 Å². The maximum atomic E-state index is 11.6. The Morgan fingerprint density at radius 3 is 2.83 bits per heavy atom. The smallest absolute Gasteiger partial charge is 0.221 e. The van der Waals surface area contributed by atoms with Crippen LogP contribution in [0.4, 0.5) is 0 Å². The second kappa shape index (κ2) is 7.18. The molecule has 0 radical (unpaired) electrons. The summed E-state index contributed by atoms with van der Waals surface area (Å²) >= 11 is 0. The van der Waals surface area contributed by atoms with Gasteiger partial charge in [0.1, 0.15) is 11.9 Å². The van der Waals surface area contributed by atoms with Crippen molar-refractivity contribution in [2.75, 3.05) is 20.6 Å². The lowest BCUT2D eigenvalue weighted by atomic mass is 10.1. The fourth-order valence-corrected chi connectivity index (χ4v) is 1.66. The summed E-state index contributed by atoms with van der Waals surface area (Å²) in [7, 11) is 3.86. The molecule has 102 valence electrons. The highest BCUT2D eigenvalue weighted by molar-refractivity contribution is 5.76. The molecule has 1 amide bonds. The largest absolute Gasteiger partial charge is 0.467 e. The molecule has 0 aromatic carbocycles. The number of amides is 1. The second-order valence-corrected chi connectivity index (χ2v) is 4.79. The van der Waals surface area contributed by atoms with Crippen LogP contribution in [-0.2, 0) is 4.79 Å². The maximum Gasteiger partial charge on any atom is 0.221 e. The fraction of sp³-hybridized carbons (Fsp3) is 0.615. The number of furan rings is 1. The predicted molar refractivity (Wildman–Crippen MR) is 69.1 cm³/mol. The first-order valence-corrected chi connectivity index (χ1v) is 6.14. The molecule has 2 unspecified atom stereocenters. The monoisotopic (exact) mass is 254 g/mol. The van der Waals surface area contributed by atoms with E-state index in [-0.39, 0.29) is 11.9 Å².